The van der Waals surface area contributed by atoms with E-state index in [1.807, 2.05) is 0 Å². The fraction of sp³-hybridized carbons (Fsp3) is 0.500. The van der Waals surface area contributed by atoms with Gasteiger partial charge in [0.25, 0.3) is 5.91 Å². The molecule has 1 aliphatic heterocycles. The first-order valence-corrected chi connectivity index (χ1v) is 15.0. The molecule has 3 heterocycles. The molecule has 0 radical (unpaired) electrons. The average molecular weight is 626 g/mol. The average Bonchev–Trinajstić information content (AvgIpc) is 3.54. The summed E-state index contributed by atoms with van der Waals surface area (Å²) in [4.78, 5) is 38.4. The van der Waals surface area contributed by atoms with E-state index in [2.05, 4.69) is 40.6 Å². The fourth-order valence-corrected chi connectivity index (χ4v) is 4.88. The molecule has 1 aliphatic rings. The van der Waals surface area contributed by atoms with Gasteiger partial charge in [-0.25, -0.2) is 24.1 Å². The van der Waals surface area contributed by atoms with E-state index in [0.29, 0.717) is 0 Å². The number of aromatic hydroxyl groups is 1. The summed E-state index contributed by atoms with van der Waals surface area (Å²) >= 11 is 0. The Labute approximate surface area is 248 Å². The van der Waals surface area contributed by atoms with Gasteiger partial charge in [0.1, 0.15) is 23.7 Å². The van der Waals surface area contributed by atoms with Gasteiger partial charge in [0, 0.05) is 6.42 Å². The summed E-state index contributed by atoms with van der Waals surface area (Å²) in [5.74, 6) is -2.31. The Morgan fingerprint density at radius 2 is 1.81 bits per heavy atom. The highest BCUT2D eigenvalue weighted by Crippen LogP contribution is 2.36. The number of para-hydroxylation sites is 1. The second kappa shape index (κ2) is 15.0. The molecule has 3 aromatic rings. The van der Waals surface area contributed by atoms with E-state index < -0.39 is 59.1 Å². The smallest absolute Gasteiger partial charge is 0.362 e. The number of anilines is 1. The Kier molecular flexibility index (Phi) is 11.7. The molecule has 1 saturated heterocycles. The van der Waals surface area contributed by atoms with Gasteiger partial charge in [-0.3, -0.25) is 18.3 Å². The van der Waals surface area contributed by atoms with E-state index in [0.717, 1.165) is 6.33 Å². The molecule has 1 fully saturated rings. The zero-order valence-electron chi connectivity index (χ0n) is 24.2. The number of nitrogens with one attached hydrogen (secondary N) is 1. The lowest BCUT2D eigenvalue weighted by atomic mass is 10.1. The van der Waals surface area contributed by atoms with Gasteiger partial charge in [-0.05, 0) is 31.8 Å². The first-order valence-electron chi connectivity index (χ1n) is 13.6. The zero-order valence-corrected chi connectivity index (χ0v) is 25.0. The summed E-state index contributed by atoms with van der Waals surface area (Å²) in [5, 5.41) is 9.73. The van der Waals surface area contributed by atoms with E-state index in [4.69, 9.17) is 19.4 Å². The number of alkyl halides is 1. The minimum absolute atomic E-state index is 0.0484. The number of benzene rings is 1. The molecule has 0 aliphatic carbocycles. The number of aromatic nitrogens is 4. The van der Waals surface area contributed by atoms with Crippen LogP contribution in [0.15, 0.2) is 36.9 Å². The normalized spacial score (nSPS) is 20.0. The second-order valence-corrected chi connectivity index (χ2v) is 10.6. The molecule has 15 nitrogen and oxygen atoms in total. The Bertz CT molecular complexity index is 1500. The maximum Gasteiger partial charge on any atom is 0.362 e. The van der Waals surface area contributed by atoms with Gasteiger partial charge in [0.05, 0.1) is 18.5 Å². The number of ether oxygens (including phenoxy) is 2. The number of carbonyl (C=O) groups excluding carboxylic acids is 2. The van der Waals surface area contributed by atoms with E-state index in [9.17, 15) is 23.1 Å². The number of nitrogen functional groups attached to an aromatic ring is 1. The highest BCUT2D eigenvalue weighted by Gasteiger charge is 2.49. The van der Waals surface area contributed by atoms with Crippen LogP contribution in [0, 0.1) is 0 Å². The Hall–Kier alpha value is -3.93. The molecule has 1 amide bonds. The number of rotatable bonds is 11. The summed E-state index contributed by atoms with van der Waals surface area (Å²) in [7, 11) is -4.73. The molecule has 4 atom stereocenters. The van der Waals surface area contributed by atoms with Crippen molar-refractivity contribution in [2.75, 3.05) is 32.0 Å². The molecular formula is C26H36FN7O8S. The number of halogens is 1. The van der Waals surface area contributed by atoms with Crippen LogP contribution in [-0.4, -0.2) is 94.4 Å². The van der Waals surface area contributed by atoms with Crippen molar-refractivity contribution in [1.82, 2.24) is 29.1 Å². The lowest BCUT2D eigenvalue weighted by Gasteiger charge is -2.19. The number of nitrogens with zero attached hydrogens (tertiary/aromatic N) is 5. The number of phenols is 1. The van der Waals surface area contributed by atoms with Crippen LogP contribution in [0.1, 0.15) is 50.7 Å². The minimum Gasteiger partial charge on any atom is -0.507 e. The molecule has 0 spiro atoms. The van der Waals surface area contributed by atoms with Gasteiger partial charge in [0.2, 0.25) is 0 Å². The van der Waals surface area contributed by atoms with E-state index in [-0.39, 0.29) is 29.0 Å². The van der Waals surface area contributed by atoms with Gasteiger partial charge in [-0.2, -0.15) is 8.42 Å². The molecule has 0 bridgehead atoms. The Morgan fingerprint density at radius 3 is 2.42 bits per heavy atom. The van der Waals surface area contributed by atoms with Crippen molar-refractivity contribution >= 4 is 39.2 Å². The number of hydrogen-bond donors (Lipinski definition) is 3. The van der Waals surface area contributed by atoms with Gasteiger partial charge >= 0.3 is 16.3 Å². The van der Waals surface area contributed by atoms with Crippen molar-refractivity contribution in [1.29, 1.82) is 0 Å². The number of imidazole rings is 1. The van der Waals surface area contributed by atoms with Crippen LogP contribution >= 0.6 is 0 Å². The lowest BCUT2D eigenvalue weighted by molar-refractivity contribution is -0.154. The summed E-state index contributed by atoms with van der Waals surface area (Å²) in [5.41, 5.74) is 5.77. The van der Waals surface area contributed by atoms with E-state index in [1.54, 1.807) is 4.72 Å². The third-order valence-corrected chi connectivity index (χ3v) is 7.46. The van der Waals surface area contributed by atoms with Crippen LogP contribution in [0.2, 0.25) is 0 Å². The van der Waals surface area contributed by atoms with Crippen molar-refractivity contribution in [2.24, 2.45) is 0 Å². The van der Waals surface area contributed by atoms with Crippen molar-refractivity contribution < 1.29 is 41.2 Å². The highest BCUT2D eigenvalue weighted by atomic mass is 32.2. The summed E-state index contributed by atoms with van der Waals surface area (Å²) in [6, 6.07) is 5.26. The summed E-state index contributed by atoms with van der Waals surface area (Å²) < 4.78 is 58.6. The van der Waals surface area contributed by atoms with Crippen LogP contribution in [0.25, 0.3) is 11.2 Å². The third-order valence-electron chi connectivity index (χ3n) is 6.58. The molecule has 1 aromatic carbocycles. The number of amides is 1. The number of phenolic OH excluding ortho intramolecular Hbond substituents is 1. The molecule has 236 valence electrons. The lowest BCUT2D eigenvalue weighted by Crippen LogP contribution is -2.39. The van der Waals surface area contributed by atoms with Crippen molar-refractivity contribution in [3.63, 3.8) is 0 Å². The maximum absolute atomic E-state index is 15.5. The molecule has 2 aromatic heterocycles. The predicted octanol–water partition coefficient (Wildman–Crippen LogP) is 1.71. The molecular weight excluding hydrogens is 589 g/mol. The van der Waals surface area contributed by atoms with Crippen molar-refractivity contribution in [3.05, 3.63) is 42.5 Å². The number of esters is 1. The quantitative estimate of drug-likeness (QED) is 0.260. The van der Waals surface area contributed by atoms with Crippen molar-refractivity contribution in [3.8, 4) is 5.75 Å². The number of fused-ring (bicyclic) bond motifs is 1. The third kappa shape index (κ3) is 8.34. The SMILES string of the molecule is CCC(=O)O[C@H]1[C@@H](F)[C@H](n2cnc3c(N)ncnc32)O[C@@H]1COS(=O)(=O)NC(=O)c1ccccc1O.CCN(CC)CC. The van der Waals surface area contributed by atoms with Crippen LogP contribution in [0.4, 0.5) is 10.2 Å². The molecule has 17 heteroatoms. The van der Waals surface area contributed by atoms with Crippen LogP contribution in [0.3, 0.4) is 0 Å². The monoisotopic (exact) mass is 625 g/mol. The second-order valence-electron chi connectivity index (χ2n) is 9.21. The van der Waals surface area contributed by atoms with Gasteiger partial charge in [-0.1, -0.05) is 39.8 Å². The minimum atomic E-state index is -4.73. The number of nitrogens with two attached hydrogens (primary N) is 1. The molecule has 4 rings (SSSR count). The van der Waals surface area contributed by atoms with Gasteiger partial charge in [0.15, 0.2) is 30.0 Å². The van der Waals surface area contributed by atoms with Crippen LogP contribution < -0.4 is 10.5 Å². The molecule has 0 saturated carbocycles. The zero-order chi connectivity index (χ0) is 31.7. The molecule has 4 N–H and O–H groups in total. The Balaban J connectivity index is 0.000000646. The first-order chi connectivity index (χ1) is 20.5. The van der Waals surface area contributed by atoms with Gasteiger partial charge in [-0.15, -0.1) is 0 Å². The highest BCUT2D eigenvalue weighted by molar-refractivity contribution is 7.85. The van der Waals surface area contributed by atoms with Gasteiger partial charge < -0.3 is 25.2 Å². The largest absolute Gasteiger partial charge is 0.507 e. The maximum atomic E-state index is 15.5. The summed E-state index contributed by atoms with van der Waals surface area (Å²) in [6.45, 7) is 10.8. The van der Waals surface area contributed by atoms with E-state index >= 15 is 4.39 Å². The predicted molar refractivity (Wildman–Crippen MR) is 153 cm³/mol. The van der Waals surface area contributed by atoms with Crippen LogP contribution in [0.5, 0.6) is 5.75 Å². The number of hydrogen-bond acceptors (Lipinski definition) is 13. The Morgan fingerprint density at radius 1 is 1.14 bits per heavy atom. The topological polar surface area (TPSA) is 201 Å². The van der Waals surface area contributed by atoms with Crippen molar-refractivity contribution in [2.45, 2.75) is 58.7 Å². The summed E-state index contributed by atoms with van der Waals surface area (Å²) in [6.07, 6.45) is -4.07. The fourth-order valence-electron chi connectivity index (χ4n) is 4.18. The van der Waals surface area contributed by atoms with Crippen LogP contribution in [-0.2, 0) is 28.8 Å². The number of carbonyl (C=O) groups is 2. The van der Waals surface area contributed by atoms with E-state index in [1.165, 1.54) is 61.7 Å². The molecule has 43 heavy (non-hydrogen) atoms. The first kappa shape index (κ1) is 33.6. The standard InChI is InChI=1S/C20H21FN6O8S.C6H15N/c1-2-13(29)35-16-12(7-33-36(31,32)26-19(30)10-5-3-4-6-11(10)28)34-20(14(16)21)27-9-25-15-17(22)23-8-24-18(15)27;1-4-7(5-2)6-3/h3-6,8-9,12,14,16,20,28H,2,7H2,1H3,(H,26,30)(H2,22,23,24);4-6H2,1-3H3/t12-,14-,16-,20-;/m1./s1. The molecule has 0 unspecified atom stereocenters.